The Bertz CT molecular complexity index is 140. The lowest BCUT2D eigenvalue weighted by Crippen LogP contribution is -1.47. The van der Waals surface area contributed by atoms with E-state index in [1.165, 1.54) is 16.9 Å². The van der Waals surface area contributed by atoms with Crippen LogP contribution >= 0.6 is 11.3 Å². The van der Waals surface area contributed by atoms with Gasteiger partial charge in [-0.3, -0.25) is 0 Å². The summed E-state index contributed by atoms with van der Waals surface area (Å²) in [5.74, 6) is 0. The van der Waals surface area contributed by atoms with Crippen molar-refractivity contribution in [1.82, 2.24) is 0 Å². The molecule has 0 unspecified atom stereocenters. The number of rotatable bonds is 0. The molecule has 1 heterocycles. The first-order valence-electron chi connectivity index (χ1n) is 2.31. The summed E-state index contributed by atoms with van der Waals surface area (Å²) in [4.78, 5) is 0. The van der Waals surface area contributed by atoms with Crippen LogP contribution in [0.1, 0.15) is 6.93 Å². The Kier molecular flexibility index (Phi) is 0.670. The van der Waals surface area contributed by atoms with Gasteiger partial charge >= 0.3 is 0 Å². The molecular weight excluding hydrogens is 92.1 g/mol. The van der Waals surface area contributed by atoms with E-state index in [4.69, 9.17) is 1.37 Å². The second kappa shape index (κ2) is 1.43. The molecule has 0 aliphatic heterocycles. The van der Waals surface area contributed by atoms with E-state index >= 15 is 0 Å². The van der Waals surface area contributed by atoms with Gasteiger partial charge in [-0.05, 0) is 29.3 Å². The van der Waals surface area contributed by atoms with E-state index in [1.54, 1.807) is 0 Å². The zero-order valence-corrected chi connectivity index (χ0v) is 4.38. The Hall–Kier alpha value is -0.300. The SMILES string of the molecule is [2H]c1cc(C)cs1. The maximum Gasteiger partial charge on any atom is 0.0740 e. The molecule has 1 heteroatoms. The van der Waals surface area contributed by atoms with Crippen LogP contribution < -0.4 is 0 Å². The maximum atomic E-state index is 7.03. The first kappa shape index (κ1) is 2.80. The average Bonchev–Trinajstić information content (AvgIpc) is 1.87. The van der Waals surface area contributed by atoms with Crippen molar-refractivity contribution in [3.05, 3.63) is 22.4 Å². The van der Waals surface area contributed by atoms with Crippen molar-refractivity contribution in [2.45, 2.75) is 6.92 Å². The lowest BCUT2D eigenvalue weighted by Gasteiger charge is -1.65. The molecule has 0 aliphatic carbocycles. The molecule has 6 heavy (non-hydrogen) atoms. The fourth-order valence-corrected chi connectivity index (χ4v) is 0.864. The average molecular weight is 99.2 g/mol. The fourth-order valence-electron chi connectivity index (χ4n) is 0.288. The Morgan fingerprint density at radius 2 is 2.83 bits per heavy atom. The number of hydrogen-bond acceptors (Lipinski definition) is 1. The summed E-state index contributed by atoms with van der Waals surface area (Å²) in [6, 6.07) is 1.85. The van der Waals surface area contributed by atoms with Crippen molar-refractivity contribution < 1.29 is 1.37 Å². The van der Waals surface area contributed by atoms with Crippen LogP contribution in [0.5, 0.6) is 0 Å². The van der Waals surface area contributed by atoms with Crippen molar-refractivity contribution in [3.63, 3.8) is 0 Å². The molecule has 0 bridgehead atoms. The van der Waals surface area contributed by atoms with Gasteiger partial charge in [-0.2, -0.15) is 11.3 Å². The molecule has 0 amide bonds. The molecule has 0 saturated heterocycles. The number of thiophene rings is 1. The summed E-state index contributed by atoms with van der Waals surface area (Å²) in [6.07, 6.45) is 0. The zero-order valence-electron chi connectivity index (χ0n) is 4.56. The van der Waals surface area contributed by atoms with Gasteiger partial charge in [0.15, 0.2) is 0 Å². The van der Waals surface area contributed by atoms with E-state index in [1.807, 2.05) is 18.4 Å². The van der Waals surface area contributed by atoms with E-state index in [9.17, 15) is 0 Å². The smallest absolute Gasteiger partial charge is 0.0740 e. The van der Waals surface area contributed by atoms with Gasteiger partial charge in [-0.25, -0.2) is 0 Å². The van der Waals surface area contributed by atoms with Gasteiger partial charge in [0.25, 0.3) is 0 Å². The largest absolute Gasteiger partial charge is 0.152 e. The van der Waals surface area contributed by atoms with E-state index < -0.39 is 0 Å². The third-order valence-corrected chi connectivity index (χ3v) is 1.34. The predicted molar refractivity (Wildman–Crippen MR) is 29.1 cm³/mol. The van der Waals surface area contributed by atoms with E-state index in [0.717, 1.165) is 0 Å². The minimum Gasteiger partial charge on any atom is -0.152 e. The van der Waals surface area contributed by atoms with Gasteiger partial charge in [-0.15, -0.1) is 0 Å². The van der Waals surface area contributed by atoms with Gasteiger partial charge in [0.1, 0.15) is 0 Å². The van der Waals surface area contributed by atoms with Gasteiger partial charge in [0.2, 0.25) is 0 Å². The Morgan fingerprint density at radius 3 is 3.00 bits per heavy atom. The highest BCUT2D eigenvalue weighted by molar-refractivity contribution is 7.07. The van der Waals surface area contributed by atoms with Gasteiger partial charge in [0, 0.05) is 0 Å². The molecule has 32 valence electrons. The minimum atomic E-state index is 0.650. The molecule has 0 aliphatic rings. The van der Waals surface area contributed by atoms with Crippen molar-refractivity contribution in [2.24, 2.45) is 0 Å². The molecule has 0 spiro atoms. The third kappa shape index (κ3) is 0.601. The van der Waals surface area contributed by atoms with E-state index in [0.29, 0.717) is 5.36 Å². The Balaban J connectivity index is 3.04. The summed E-state index contributed by atoms with van der Waals surface area (Å²) in [6.45, 7) is 1.99. The standard InChI is InChI=1S/C5H6S/c1-5-2-3-6-4-5/h2-4H,1H3/i3D. The lowest BCUT2D eigenvalue weighted by atomic mass is 10.4. The second-order valence-electron chi connectivity index (χ2n) is 1.24. The van der Waals surface area contributed by atoms with Crippen LogP contribution in [0.4, 0.5) is 0 Å². The topological polar surface area (TPSA) is 0 Å². The molecule has 1 aromatic rings. The van der Waals surface area contributed by atoms with Crippen LogP contribution in [0, 0.1) is 6.92 Å². The zero-order chi connectivity index (χ0) is 5.28. The summed E-state index contributed by atoms with van der Waals surface area (Å²) in [5.41, 5.74) is 1.19. The van der Waals surface area contributed by atoms with Crippen LogP contribution in [0.3, 0.4) is 0 Å². The van der Waals surface area contributed by atoms with Crippen LogP contribution in [0.25, 0.3) is 0 Å². The van der Waals surface area contributed by atoms with Crippen molar-refractivity contribution in [1.29, 1.82) is 0 Å². The Morgan fingerprint density at radius 1 is 2.00 bits per heavy atom. The van der Waals surface area contributed by atoms with E-state index in [-0.39, 0.29) is 0 Å². The lowest BCUT2D eigenvalue weighted by molar-refractivity contribution is 1.56. The monoisotopic (exact) mass is 99.0 g/mol. The maximum absolute atomic E-state index is 7.03. The van der Waals surface area contributed by atoms with Gasteiger partial charge in [0.05, 0.1) is 1.37 Å². The number of aryl methyl sites for hydroxylation is 1. The molecule has 0 fully saturated rings. The fraction of sp³-hybridized carbons (Fsp3) is 0.200. The molecule has 0 N–H and O–H groups in total. The highest BCUT2D eigenvalue weighted by Gasteiger charge is 1.74. The summed E-state index contributed by atoms with van der Waals surface area (Å²) in [5, 5.41) is 2.62. The summed E-state index contributed by atoms with van der Waals surface area (Å²) in [7, 11) is 0. The second-order valence-corrected chi connectivity index (χ2v) is 1.95. The van der Waals surface area contributed by atoms with Crippen LogP contribution in [-0.4, -0.2) is 0 Å². The molecule has 0 nitrogen and oxygen atoms in total. The van der Waals surface area contributed by atoms with Crippen molar-refractivity contribution in [2.75, 3.05) is 0 Å². The molecule has 0 radical (unpaired) electrons. The molecule has 0 aromatic carbocycles. The minimum absolute atomic E-state index is 0.650. The van der Waals surface area contributed by atoms with Gasteiger partial charge < -0.3 is 0 Å². The summed E-state index contributed by atoms with van der Waals surface area (Å²) >= 11 is 1.47. The highest BCUT2D eigenvalue weighted by atomic mass is 32.1. The van der Waals surface area contributed by atoms with Crippen molar-refractivity contribution >= 4 is 11.3 Å². The van der Waals surface area contributed by atoms with Gasteiger partial charge in [-0.1, -0.05) is 0 Å². The number of hydrogen-bond donors (Lipinski definition) is 0. The Labute approximate surface area is 42.8 Å². The van der Waals surface area contributed by atoms with Crippen LogP contribution in [0.15, 0.2) is 16.8 Å². The van der Waals surface area contributed by atoms with Crippen molar-refractivity contribution in [3.8, 4) is 0 Å². The molecular formula is C5H6S. The predicted octanol–water partition coefficient (Wildman–Crippen LogP) is 2.06. The highest BCUT2D eigenvalue weighted by Crippen LogP contribution is 2.01. The quantitative estimate of drug-likeness (QED) is 0.467. The molecule has 1 aromatic heterocycles. The molecule has 0 saturated carbocycles. The van der Waals surface area contributed by atoms with Crippen LogP contribution in [0.2, 0.25) is 0 Å². The molecule has 0 atom stereocenters. The van der Waals surface area contributed by atoms with E-state index in [2.05, 4.69) is 0 Å². The normalized spacial score (nSPS) is 11.2. The van der Waals surface area contributed by atoms with Crippen LogP contribution in [-0.2, 0) is 0 Å². The first-order chi connectivity index (χ1) is 3.29. The third-order valence-electron chi connectivity index (χ3n) is 0.599. The molecule has 1 rings (SSSR count). The first-order valence-corrected chi connectivity index (χ1v) is 2.69. The summed E-state index contributed by atoms with van der Waals surface area (Å²) < 4.78 is 7.03.